The number of thioether (sulfide) groups is 1. The SMILES string of the molecule is N#Cc1c(N)nc(SCc2csc(Nc3ccc(F)cc3)n2)c(C#N)c1-c1ccc(CCCN=[N+]=[N-])cc1. The Bertz CT molecular complexity index is 1560. The molecule has 0 amide bonds. The minimum absolute atomic E-state index is 0.0550. The molecule has 0 spiro atoms. The first-order chi connectivity index (χ1) is 18.5. The molecule has 38 heavy (non-hydrogen) atoms. The summed E-state index contributed by atoms with van der Waals surface area (Å²) in [6.07, 6.45) is 1.46. The first-order valence-corrected chi connectivity index (χ1v) is 13.2. The van der Waals surface area contributed by atoms with E-state index in [4.69, 9.17) is 11.3 Å². The van der Waals surface area contributed by atoms with Gasteiger partial charge in [0.1, 0.15) is 34.4 Å². The van der Waals surface area contributed by atoms with Crippen molar-refractivity contribution in [1.29, 1.82) is 10.5 Å². The number of thiazole rings is 1. The molecule has 12 heteroatoms. The predicted molar refractivity (Wildman–Crippen MR) is 147 cm³/mol. The topological polar surface area (TPSA) is 160 Å². The Kier molecular flexibility index (Phi) is 8.75. The zero-order chi connectivity index (χ0) is 26.9. The molecule has 0 aliphatic rings. The number of aryl methyl sites for hydroxylation is 1. The Morgan fingerprint density at radius 1 is 1.08 bits per heavy atom. The standard InChI is InChI=1S/C26H20FN9S2/c27-18-7-9-19(10-8-18)33-26-34-20(15-38-26)14-37-25-22(13-29)23(21(12-28)24(30)35-25)17-5-3-16(4-6-17)2-1-11-32-36-31/h3-10,15H,1-2,11,14H2,(H2,30,35)(H,33,34). The molecular formula is C26H20FN9S2. The summed E-state index contributed by atoms with van der Waals surface area (Å²) >= 11 is 2.72. The van der Waals surface area contributed by atoms with Gasteiger partial charge in [0.25, 0.3) is 0 Å². The van der Waals surface area contributed by atoms with Crippen molar-refractivity contribution in [3.05, 3.63) is 92.6 Å². The molecule has 0 unspecified atom stereocenters. The maximum Gasteiger partial charge on any atom is 0.187 e. The van der Waals surface area contributed by atoms with Gasteiger partial charge >= 0.3 is 0 Å². The van der Waals surface area contributed by atoms with Crippen LogP contribution in [0, 0.1) is 28.5 Å². The van der Waals surface area contributed by atoms with Crippen LogP contribution in [0.3, 0.4) is 0 Å². The summed E-state index contributed by atoms with van der Waals surface area (Å²) in [6, 6.07) is 17.8. The Hall–Kier alpha value is -4.61. The average Bonchev–Trinajstić information content (AvgIpc) is 3.38. The van der Waals surface area contributed by atoms with E-state index in [0.29, 0.717) is 33.6 Å². The molecule has 0 bridgehead atoms. The summed E-state index contributed by atoms with van der Waals surface area (Å²) in [6.45, 7) is 0.416. The summed E-state index contributed by atoms with van der Waals surface area (Å²) in [5.74, 6) is 0.171. The van der Waals surface area contributed by atoms with E-state index in [1.165, 1.54) is 35.2 Å². The second kappa shape index (κ2) is 12.6. The van der Waals surface area contributed by atoms with Crippen molar-refractivity contribution in [1.82, 2.24) is 9.97 Å². The van der Waals surface area contributed by atoms with Crippen molar-refractivity contribution >= 4 is 39.7 Å². The van der Waals surface area contributed by atoms with E-state index in [0.717, 1.165) is 29.8 Å². The van der Waals surface area contributed by atoms with Crippen molar-refractivity contribution in [2.24, 2.45) is 5.11 Å². The largest absolute Gasteiger partial charge is 0.383 e. The fraction of sp³-hybridized carbons (Fsp3) is 0.154. The third kappa shape index (κ3) is 6.38. The molecule has 0 saturated carbocycles. The lowest BCUT2D eigenvalue weighted by atomic mass is 9.95. The van der Waals surface area contributed by atoms with Crippen LogP contribution in [0.2, 0.25) is 0 Å². The number of halogens is 1. The number of azide groups is 1. The number of nitrogens with zero attached hydrogens (tertiary/aromatic N) is 7. The molecule has 0 aliphatic heterocycles. The normalized spacial score (nSPS) is 10.3. The van der Waals surface area contributed by atoms with Gasteiger partial charge in [-0.05, 0) is 53.8 Å². The maximum absolute atomic E-state index is 13.1. The number of nitrogens with one attached hydrogen (secondary N) is 1. The quantitative estimate of drug-likeness (QED) is 0.0722. The van der Waals surface area contributed by atoms with Gasteiger partial charge < -0.3 is 11.1 Å². The van der Waals surface area contributed by atoms with E-state index in [9.17, 15) is 14.9 Å². The number of nitrogen functional groups attached to an aromatic ring is 1. The summed E-state index contributed by atoms with van der Waals surface area (Å²) in [5.41, 5.74) is 18.6. The summed E-state index contributed by atoms with van der Waals surface area (Å²) < 4.78 is 13.1. The predicted octanol–water partition coefficient (Wildman–Crippen LogP) is 6.95. The molecule has 0 saturated heterocycles. The van der Waals surface area contributed by atoms with E-state index in [1.807, 2.05) is 29.6 Å². The first-order valence-electron chi connectivity index (χ1n) is 11.4. The fourth-order valence-electron chi connectivity index (χ4n) is 3.66. The number of aromatic nitrogens is 2. The Labute approximate surface area is 226 Å². The number of nitrogens with two attached hydrogens (primary N) is 1. The van der Waals surface area contributed by atoms with Crippen molar-refractivity contribution in [3.63, 3.8) is 0 Å². The molecule has 4 rings (SSSR count). The second-order valence-corrected chi connectivity index (χ2v) is 9.79. The number of nitriles is 2. The van der Waals surface area contributed by atoms with Crippen LogP contribution in [0.25, 0.3) is 21.6 Å². The third-order valence-corrected chi connectivity index (χ3v) is 7.26. The van der Waals surface area contributed by atoms with Crippen LogP contribution >= 0.6 is 23.1 Å². The van der Waals surface area contributed by atoms with Crippen LogP contribution in [-0.4, -0.2) is 16.5 Å². The van der Waals surface area contributed by atoms with Gasteiger partial charge in [0.2, 0.25) is 0 Å². The minimum atomic E-state index is -0.313. The number of benzene rings is 2. The number of hydrogen-bond acceptors (Lipinski definition) is 9. The van der Waals surface area contributed by atoms with Crippen molar-refractivity contribution in [2.75, 3.05) is 17.6 Å². The molecule has 0 atom stereocenters. The number of rotatable bonds is 10. The van der Waals surface area contributed by atoms with Crippen molar-refractivity contribution in [3.8, 4) is 23.3 Å². The monoisotopic (exact) mass is 541 g/mol. The lowest BCUT2D eigenvalue weighted by Crippen LogP contribution is -2.03. The third-order valence-electron chi connectivity index (χ3n) is 5.45. The number of anilines is 3. The lowest BCUT2D eigenvalue weighted by Gasteiger charge is -2.13. The molecule has 0 radical (unpaired) electrons. The minimum Gasteiger partial charge on any atom is -0.383 e. The van der Waals surface area contributed by atoms with E-state index in [1.54, 1.807) is 12.1 Å². The van der Waals surface area contributed by atoms with Crippen LogP contribution in [0.4, 0.5) is 21.0 Å². The average molecular weight is 542 g/mol. The van der Waals surface area contributed by atoms with Gasteiger partial charge in [-0.2, -0.15) is 10.5 Å². The zero-order valence-corrected chi connectivity index (χ0v) is 21.6. The molecule has 9 nitrogen and oxygen atoms in total. The van der Waals surface area contributed by atoms with Gasteiger partial charge in [0.05, 0.1) is 11.3 Å². The van der Waals surface area contributed by atoms with Crippen LogP contribution in [0.5, 0.6) is 0 Å². The molecule has 3 N–H and O–H groups in total. The van der Waals surface area contributed by atoms with E-state index < -0.39 is 0 Å². The molecule has 0 aliphatic carbocycles. The van der Waals surface area contributed by atoms with Crippen LogP contribution in [0.1, 0.15) is 28.8 Å². The van der Waals surface area contributed by atoms with Crippen molar-refractivity contribution in [2.45, 2.75) is 23.6 Å². The highest BCUT2D eigenvalue weighted by molar-refractivity contribution is 7.98. The Morgan fingerprint density at radius 2 is 1.82 bits per heavy atom. The first kappa shape index (κ1) is 26.5. The van der Waals surface area contributed by atoms with Crippen molar-refractivity contribution < 1.29 is 4.39 Å². The highest BCUT2D eigenvalue weighted by Crippen LogP contribution is 2.37. The van der Waals surface area contributed by atoms with Crippen LogP contribution in [0.15, 0.2) is 64.1 Å². The smallest absolute Gasteiger partial charge is 0.187 e. The van der Waals surface area contributed by atoms with Gasteiger partial charge in [-0.1, -0.05) is 41.1 Å². The fourth-order valence-corrected chi connectivity index (χ4v) is 5.38. The summed E-state index contributed by atoms with van der Waals surface area (Å²) in [4.78, 5) is 11.7. The molecule has 0 fully saturated rings. The van der Waals surface area contributed by atoms with Crippen LogP contribution < -0.4 is 11.1 Å². The van der Waals surface area contributed by atoms with E-state index >= 15 is 0 Å². The highest BCUT2D eigenvalue weighted by atomic mass is 32.2. The van der Waals surface area contributed by atoms with Gasteiger partial charge in [-0.3, -0.25) is 0 Å². The lowest BCUT2D eigenvalue weighted by molar-refractivity contribution is 0.628. The molecule has 2 aromatic heterocycles. The summed E-state index contributed by atoms with van der Waals surface area (Å²) in [7, 11) is 0. The summed E-state index contributed by atoms with van der Waals surface area (Å²) in [5, 5.41) is 29.4. The number of pyridine rings is 1. The molecular weight excluding hydrogens is 521 g/mol. The highest BCUT2D eigenvalue weighted by Gasteiger charge is 2.21. The van der Waals surface area contributed by atoms with Gasteiger partial charge in [-0.25, -0.2) is 14.4 Å². The molecule has 2 heterocycles. The van der Waals surface area contributed by atoms with Gasteiger partial charge in [-0.15, -0.1) is 11.3 Å². The van der Waals surface area contributed by atoms with E-state index in [2.05, 4.69) is 37.4 Å². The number of hydrogen-bond donors (Lipinski definition) is 2. The molecule has 2 aromatic carbocycles. The Balaban J connectivity index is 1.54. The van der Waals surface area contributed by atoms with Gasteiger partial charge in [0.15, 0.2) is 5.13 Å². The van der Waals surface area contributed by atoms with E-state index in [-0.39, 0.29) is 22.8 Å². The van der Waals surface area contributed by atoms with Crippen LogP contribution in [-0.2, 0) is 12.2 Å². The maximum atomic E-state index is 13.1. The Morgan fingerprint density at radius 3 is 2.50 bits per heavy atom. The zero-order valence-electron chi connectivity index (χ0n) is 19.9. The second-order valence-electron chi connectivity index (χ2n) is 7.97. The molecule has 188 valence electrons. The van der Waals surface area contributed by atoms with Gasteiger partial charge in [0, 0.05) is 33.8 Å². The molecule has 4 aromatic rings.